The van der Waals surface area contributed by atoms with Gasteiger partial charge in [-0.3, -0.25) is 0 Å². The second kappa shape index (κ2) is 4.80. The van der Waals surface area contributed by atoms with Crippen molar-refractivity contribution in [3.63, 3.8) is 0 Å². The topological polar surface area (TPSA) is 38.9 Å². The molecule has 1 heterocycles. The van der Waals surface area contributed by atoms with Gasteiger partial charge in [0, 0.05) is 12.3 Å². The summed E-state index contributed by atoms with van der Waals surface area (Å²) >= 11 is 11.4. The molecule has 84 valence electrons. The molecular weight excluding hydrogens is 254 g/mol. The number of hydrogen-bond acceptors (Lipinski definition) is 3. The van der Waals surface area contributed by atoms with Crippen LogP contribution in [0, 0.1) is 5.82 Å². The fourth-order valence-corrected chi connectivity index (χ4v) is 1.64. The Labute approximate surface area is 101 Å². The van der Waals surface area contributed by atoms with Crippen molar-refractivity contribution in [1.82, 2.24) is 10.2 Å². The number of benzene rings is 1. The molecule has 1 aromatic heterocycles. The minimum atomic E-state index is -0.492. The molecule has 0 aliphatic carbocycles. The van der Waals surface area contributed by atoms with Crippen molar-refractivity contribution in [1.29, 1.82) is 0 Å². The van der Waals surface area contributed by atoms with Crippen molar-refractivity contribution in [3.05, 3.63) is 34.9 Å². The molecule has 0 radical (unpaired) electrons. The van der Waals surface area contributed by atoms with Gasteiger partial charge >= 0.3 is 0 Å². The Morgan fingerprint density at radius 1 is 1.31 bits per heavy atom. The number of rotatable bonds is 3. The number of hydrogen-bond donors (Lipinski definition) is 0. The van der Waals surface area contributed by atoms with E-state index in [1.807, 2.05) is 0 Å². The van der Waals surface area contributed by atoms with Crippen molar-refractivity contribution in [2.45, 2.75) is 6.42 Å². The maximum absolute atomic E-state index is 13.5. The predicted octanol–water partition coefficient (Wildman–Crippen LogP) is 3.31. The number of nitrogens with zero attached hydrogens (tertiary/aromatic N) is 2. The summed E-state index contributed by atoms with van der Waals surface area (Å²) < 4.78 is 18.7. The first-order valence-electron chi connectivity index (χ1n) is 4.55. The van der Waals surface area contributed by atoms with E-state index in [-0.39, 0.29) is 16.5 Å². The van der Waals surface area contributed by atoms with E-state index in [1.54, 1.807) is 6.07 Å². The van der Waals surface area contributed by atoms with Gasteiger partial charge in [0.05, 0.1) is 10.6 Å². The molecule has 6 heteroatoms. The number of aromatic nitrogens is 2. The van der Waals surface area contributed by atoms with Gasteiger partial charge in [-0.2, -0.15) is 0 Å². The third-order valence-corrected chi connectivity index (χ3v) is 2.46. The van der Waals surface area contributed by atoms with Crippen LogP contribution in [0.2, 0.25) is 5.02 Å². The Morgan fingerprint density at radius 3 is 2.81 bits per heavy atom. The van der Waals surface area contributed by atoms with Crippen molar-refractivity contribution in [3.8, 4) is 11.5 Å². The molecule has 16 heavy (non-hydrogen) atoms. The van der Waals surface area contributed by atoms with Crippen molar-refractivity contribution >= 4 is 23.2 Å². The molecule has 0 N–H and O–H groups in total. The maximum atomic E-state index is 13.5. The summed E-state index contributed by atoms with van der Waals surface area (Å²) in [7, 11) is 0. The third kappa shape index (κ3) is 2.18. The fourth-order valence-electron chi connectivity index (χ4n) is 1.24. The Hall–Kier alpha value is -1.13. The van der Waals surface area contributed by atoms with Gasteiger partial charge in [0.1, 0.15) is 5.82 Å². The highest BCUT2D eigenvalue weighted by molar-refractivity contribution is 6.33. The maximum Gasteiger partial charge on any atom is 0.252 e. The summed E-state index contributed by atoms with van der Waals surface area (Å²) in [5.41, 5.74) is 0.123. The van der Waals surface area contributed by atoms with Gasteiger partial charge in [0.15, 0.2) is 0 Å². The van der Waals surface area contributed by atoms with Crippen LogP contribution >= 0.6 is 23.2 Å². The van der Waals surface area contributed by atoms with Gasteiger partial charge in [-0.1, -0.05) is 17.7 Å². The van der Waals surface area contributed by atoms with Crippen molar-refractivity contribution in [2.24, 2.45) is 0 Å². The molecule has 2 aromatic rings. The molecule has 0 aliphatic heterocycles. The third-order valence-electron chi connectivity index (χ3n) is 1.95. The Kier molecular flexibility index (Phi) is 3.41. The summed E-state index contributed by atoms with van der Waals surface area (Å²) in [6.45, 7) is 0. The van der Waals surface area contributed by atoms with Gasteiger partial charge in [-0.05, 0) is 12.1 Å². The van der Waals surface area contributed by atoms with Gasteiger partial charge in [0.2, 0.25) is 5.89 Å². The summed E-state index contributed by atoms with van der Waals surface area (Å²) in [6.07, 6.45) is 0.445. The minimum Gasteiger partial charge on any atom is -0.420 e. The van der Waals surface area contributed by atoms with Crippen LogP contribution in [0.3, 0.4) is 0 Å². The van der Waals surface area contributed by atoms with Crippen LogP contribution in [-0.4, -0.2) is 16.1 Å². The Bertz CT molecular complexity index is 481. The first-order chi connectivity index (χ1) is 7.72. The molecule has 0 aliphatic rings. The summed E-state index contributed by atoms with van der Waals surface area (Å²) in [5.74, 6) is 0.313. The quantitative estimate of drug-likeness (QED) is 0.795. The Morgan fingerprint density at radius 2 is 2.12 bits per heavy atom. The zero-order chi connectivity index (χ0) is 11.5. The van der Waals surface area contributed by atoms with Crippen LogP contribution in [0.1, 0.15) is 5.89 Å². The molecule has 0 saturated carbocycles. The molecule has 0 saturated heterocycles. The van der Waals surface area contributed by atoms with Crippen LogP contribution in [0.5, 0.6) is 0 Å². The molecular formula is C10H7Cl2FN2O. The molecule has 0 amide bonds. The molecule has 1 aromatic carbocycles. The van der Waals surface area contributed by atoms with Crippen LogP contribution in [0.15, 0.2) is 22.6 Å². The number of halogens is 3. The van der Waals surface area contributed by atoms with E-state index >= 15 is 0 Å². The van der Waals surface area contributed by atoms with Gasteiger partial charge in [0.25, 0.3) is 5.89 Å². The van der Waals surface area contributed by atoms with Crippen LogP contribution < -0.4 is 0 Å². The molecule has 0 unspecified atom stereocenters. The smallest absolute Gasteiger partial charge is 0.252 e. The van der Waals surface area contributed by atoms with E-state index in [2.05, 4.69) is 10.2 Å². The standard InChI is InChI=1S/C10H7Cl2FN2O/c11-5-4-8-14-15-10(16-8)9-6(12)2-1-3-7(9)13/h1-3H,4-5H2. The second-order valence-electron chi connectivity index (χ2n) is 3.04. The van der Waals surface area contributed by atoms with Gasteiger partial charge in [-0.25, -0.2) is 4.39 Å². The lowest BCUT2D eigenvalue weighted by atomic mass is 10.2. The van der Waals surface area contributed by atoms with E-state index in [9.17, 15) is 4.39 Å². The monoisotopic (exact) mass is 260 g/mol. The van der Waals surface area contributed by atoms with Crippen molar-refractivity contribution in [2.75, 3.05) is 5.88 Å². The molecule has 3 nitrogen and oxygen atoms in total. The largest absolute Gasteiger partial charge is 0.420 e. The number of alkyl halides is 1. The summed E-state index contributed by atoms with van der Waals surface area (Å²) in [4.78, 5) is 0. The lowest BCUT2D eigenvalue weighted by molar-refractivity contribution is 0.509. The SMILES string of the molecule is Fc1cccc(Cl)c1-c1nnc(CCCl)o1. The highest BCUT2D eigenvalue weighted by atomic mass is 35.5. The van der Waals surface area contributed by atoms with E-state index in [0.717, 1.165) is 0 Å². The molecule has 0 fully saturated rings. The molecule has 0 atom stereocenters. The highest BCUT2D eigenvalue weighted by Crippen LogP contribution is 2.29. The first kappa shape index (κ1) is 11.4. The van der Waals surface area contributed by atoms with Crippen LogP contribution in [0.25, 0.3) is 11.5 Å². The lowest BCUT2D eigenvalue weighted by Crippen LogP contribution is -1.85. The first-order valence-corrected chi connectivity index (χ1v) is 5.46. The normalized spacial score (nSPS) is 10.7. The lowest BCUT2D eigenvalue weighted by Gasteiger charge is -1.99. The zero-order valence-electron chi connectivity index (χ0n) is 8.08. The molecule has 0 spiro atoms. The average molecular weight is 261 g/mol. The van der Waals surface area contributed by atoms with E-state index < -0.39 is 5.82 Å². The molecule has 2 rings (SSSR count). The second-order valence-corrected chi connectivity index (χ2v) is 3.82. The van der Waals surface area contributed by atoms with Crippen molar-refractivity contribution < 1.29 is 8.81 Å². The number of aryl methyl sites for hydroxylation is 1. The summed E-state index contributed by atoms with van der Waals surface area (Å²) in [6, 6.07) is 4.36. The average Bonchev–Trinajstić information content (AvgIpc) is 2.67. The van der Waals surface area contributed by atoms with Gasteiger partial charge in [-0.15, -0.1) is 21.8 Å². The summed E-state index contributed by atoms with van der Waals surface area (Å²) in [5, 5.41) is 7.70. The highest BCUT2D eigenvalue weighted by Gasteiger charge is 2.16. The predicted molar refractivity (Wildman–Crippen MR) is 59.1 cm³/mol. The minimum absolute atomic E-state index is 0.0724. The van der Waals surface area contributed by atoms with Crippen LogP contribution in [0.4, 0.5) is 4.39 Å². The van der Waals surface area contributed by atoms with E-state index in [0.29, 0.717) is 18.2 Å². The van der Waals surface area contributed by atoms with E-state index in [4.69, 9.17) is 27.6 Å². The fraction of sp³-hybridized carbons (Fsp3) is 0.200. The Balaban J connectivity index is 2.42. The molecule has 0 bridgehead atoms. The van der Waals surface area contributed by atoms with E-state index in [1.165, 1.54) is 12.1 Å². The zero-order valence-corrected chi connectivity index (χ0v) is 9.59. The van der Waals surface area contributed by atoms with Crippen LogP contribution in [-0.2, 0) is 6.42 Å². The van der Waals surface area contributed by atoms with Gasteiger partial charge < -0.3 is 4.42 Å².